The van der Waals surface area contributed by atoms with Crippen LogP contribution < -0.4 is 5.32 Å². The van der Waals surface area contributed by atoms with E-state index in [1.165, 1.54) is 12.3 Å². The molecule has 1 N–H and O–H groups in total. The average molecular weight is 331 g/mol. The van der Waals surface area contributed by atoms with Gasteiger partial charge in [0.05, 0.1) is 0 Å². The number of hydrogen-bond acceptors (Lipinski definition) is 4. The van der Waals surface area contributed by atoms with E-state index < -0.39 is 12.1 Å². The van der Waals surface area contributed by atoms with E-state index in [0.29, 0.717) is 10.6 Å². The first-order valence-corrected chi connectivity index (χ1v) is 7.69. The van der Waals surface area contributed by atoms with Gasteiger partial charge in [-0.2, -0.15) is 0 Å². The summed E-state index contributed by atoms with van der Waals surface area (Å²) in [4.78, 5) is 28.6. The average Bonchev–Trinajstić information content (AvgIpc) is 3.37. The first-order valence-electron chi connectivity index (χ1n) is 7.31. The summed E-state index contributed by atoms with van der Waals surface area (Å²) < 4.78 is 5.40. The Morgan fingerprint density at radius 1 is 1.22 bits per heavy atom. The van der Waals surface area contributed by atoms with Crippen molar-refractivity contribution in [2.24, 2.45) is 0 Å². The zero-order chi connectivity index (χ0) is 16.2. The minimum Gasteiger partial charge on any atom is -0.443 e. The summed E-state index contributed by atoms with van der Waals surface area (Å²) in [7, 11) is 0. The molecule has 0 aliphatic heterocycles. The summed E-state index contributed by atoms with van der Waals surface area (Å²) in [5, 5.41) is 3.24. The molecule has 1 saturated carbocycles. The van der Waals surface area contributed by atoms with Crippen LogP contribution in [0.25, 0.3) is 0 Å². The third kappa shape index (κ3) is 4.07. The maximum atomic E-state index is 12.4. The van der Waals surface area contributed by atoms with Crippen LogP contribution in [0.5, 0.6) is 0 Å². The van der Waals surface area contributed by atoms with E-state index in [4.69, 9.17) is 16.3 Å². The fourth-order valence-corrected chi connectivity index (χ4v) is 2.25. The van der Waals surface area contributed by atoms with Gasteiger partial charge in [0.2, 0.25) is 6.10 Å². The van der Waals surface area contributed by atoms with Crippen LogP contribution in [0, 0.1) is 0 Å². The number of ether oxygens (including phenoxy) is 1. The predicted octanol–water partition coefficient (Wildman–Crippen LogP) is 2.91. The van der Waals surface area contributed by atoms with E-state index in [0.717, 1.165) is 12.8 Å². The molecule has 1 aromatic heterocycles. The van der Waals surface area contributed by atoms with Crippen LogP contribution in [0.4, 0.5) is 0 Å². The zero-order valence-electron chi connectivity index (χ0n) is 12.2. The molecule has 118 valence electrons. The quantitative estimate of drug-likeness (QED) is 0.856. The molecule has 1 fully saturated rings. The number of esters is 1. The predicted molar refractivity (Wildman–Crippen MR) is 85.0 cm³/mol. The van der Waals surface area contributed by atoms with Crippen LogP contribution in [-0.2, 0) is 9.53 Å². The Morgan fingerprint density at radius 3 is 2.61 bits per heavy atom. The van der Waals surface area contributed by atoms with Crippen molar-refractivity contribution in [2.75, 3.05) is 0 Å². The standard InChI is InChI=1S/C17H15ClN2O3/c18-12-8-9-19-14(10-12)17(22)23-15(11-4-2-1-3-5-11)16(21)20-13-6-7-13/h1-5,8-10,13,15H,6-7H2,(H,20,21)/t15-/m1/s1. The third-order valence-electron chi connectivity index (χ3n) is 3.42. The first kappa shape index (κ1) is 15.5. The molecule has 0 bridgehead atoms. The van der Waals surface area contributed by atoms with Crippen LogP contribution in [-0.4, -0.2) is 22.9 Å². The Kier molecular flexibility index (Phi) is 4.57. The van der Waals surface area contributed by atoms with Crippen molar-refractivity contribution in [1.29, 1.82) is 0 Å². The lowest BCUT2D eigenvalue weighted by atomic mass is 10.1. The van der Waals surface area contributed by atoms with Crippen molar-refractivity contribution < 1.29 is 14.3 Å². The SMILES string of the molecule is O=C(O[C@@H](C(=O)NC1CC1)c1ccccc1)c1cc(Cl)ccn1. The van der Waals surface area contributed by atoms with Crippen molar-refractivity contribution in [2.45, 2.75) is 25.0 Å². The van der Waals surface area contributed by atoms with Crippen molar-refractivity contribution in [1.82, 2.24) is 10.3 Å². The van der Waals surface area contributed by atoms with Crippen LogP contribution in [0.15, 0.2) is 48.7 Å². The van der Waals surface area contributed by atoms with Gasteiger partial charge in [0.1, 0.15) is 5.69 Å². The summed E-state index contributed by atoms with van der Waals surface area (Å²) in [6.45, 7) is 0. The van der Waals surface area contributed by atoms with Gasteiger partial charge in [0.25, 0.3) is 5.91 Å². The minimum atomic E-state index is -1.01. The van der Waals surface area contributed by atoms with E-state index in [1.54, 1.807) is 30.3 Å². The molecule has 5 nitrogen and oxygen atoms in total. The molecule has 1 aliphatic rings. The highest BCUT2D eigenvalue weighted by atomic mass is 35.5. The third-order valence-corrected chi connectivity index (χ3v) is 3.66. The monoisotopic (exact) mass is 330 g/mol. The number of carbonyl (C=O) groups excluding carboxylic acids is 2. The van der Waals surface area contributed by atoms with Gasteiger partial charge in [-0.3, -0.25) is 4.79 Å². The second-order valence-electron chi connectivity index (χ2n) is 5.34. The van der Waals surface area contributed by atoms with Crippen LogP contribution in [0.3, 0.4) is 0 Å². The number of nitrogens with one attached hydrogen (secondary N) is 1. The Hall–Kier alpha value is -2.40. The maximum Gasteiger partial charge on any atom is 0.358 e. The van der Waals surface area contributed by atoms with E-state index >= 15 is 0 Å². The molecule has 1 amide bonds. The van der Waals surface area contributed by atoms with Gasteiger partial charge >= 0.3 is 5.97 Å². The van der Waals surface area contributed by atoms with Crippen molar-refractivity contribution in [3.05, 3.63) is 64.9 Å². The first-order chi connectivity index (χ1) is 11.1. The minimum absolute atomic E-state index is 0.0673. The molecular weight excluding hydrogens is 316 g/mol. The van der Waals surface area contributed by atoms with E-state index in [-0.39, 0.29) is 17.6 Å². The molecule has 1 aromatic carbocycles. The van der Waals surface area contributed by atoms with Gasteiger partial charge in [-0.1, -0.05) is 41.9 Å². The lowest BCUT2D eigenvalue weighted by Crippen LogP contribution is -2.33. The molecule has 23 heavy (non-hydrogen) atoms. The normalized spacial score (nSPS) is 14.8. The second kappa shape index (κ2) is 6.79. The number of rotatable bonds is 5. The molecule has 0 saturated heterocycles. The number of amides is 1. The molecule has 0 unspecified atom stereocenters. The summed E-state index contributed by atoms with van der Waals surface area (Å²) in [5.41, 5.74) is 0.679. The highest BCUT2D eigenvalue weighted by molar-refractivity contribution is 6.30. The van der Waals surface area contributed by atoms with Gasteiger partial charge in [-0.15, -0.1) is 0 Å². The summed E-state index contributed by atoms with van der Waals surface area (Å²) in [6.07, 6.45) is 2.32. The van der Waals surface area contributed by atoms with Gasteiger partial charge in [0, 0.05) is 22.8 Å². The van der Waals surface area contributed by atoms with Crippen LogP contribution in [0.2, 0.25) is 5.02 Å². The number of pyridine rings is 1. The summed E-state index contributed by atoms with van der Waals surface area (Å²) in [6, 6.07) is 12.1. The zero-order valence-corrected chi connectivity index (χ0v) is 13.0. The number of benzene rings is 1. The van der Waals surface area contributed by atoms with Crippen molar-refractivity contribution >= 4 is 23.5 Å². The topological polar surface area (TPSA) is 68.3 Å². The molecule has 0 radical (unpaired) electrons. The smallest absolute Gasteiger partial charge is 0.358 e. The Bertz CT molecular complexity index is 717. The molecule has 2 aromatic rings. The summed E-state index contributed by atoms with van der Waals surface area (Å²) in [5.74, 6) is -1.01. The van der Waals surface area contributed by atoms with Gasteiger partial charge in [-0.25, -0.2) is 9.78 Å². The molecule has 1 atom stereocenters. The second-order valence-corrected chi connectivity index (χ2v) is 5.77. The van der Waals surface area contributed by atoms with Crippen LogP contribution >= 0.6 is 11.6 Å². The number of hydrogen-bond donors (Lipinski definition) is 1. The van der Waals surface area contributed by atoms with Crippen molar-refractivity contribution in [3.8, 4) is 0 Å². The van der Waals surface area contributed by atoms with E-state index in [9.17, 15) is 9.59 Å². The van der Waals surface area contributed by atoms with Gasteiger partial charge in [0.15, 0.2) is 0 Å². The molecule has 1 heterocycles. The Morgan fingerprint density at radius 2 is 1.96 bits per heavy atom. The largest absolute Gasteiger partial charge is 0.443 e. The maximum absolute atomic E-state index is 12.4. The number of carbonyl (C=O) groups is 2. The molecule has 6 heteroatoms. The lowest BCUT2D eigenvalue weighted by molar-refractivity contribution is -0.130. The molecule has 3 rings (SSSR count). The summed E-state index contributed by atoms with van der Waals surface area (Å²) >= 11 is 5.86. The Labute approximate surface area is 138 Å². The fourth-order valence-electron chi connectivity index (χ4n) is 2.09. The number of halogens is 1. The molecule has 1 aliphatic carbocycles. The van der Waals surface area contributed by atoms with E-state index in [1.807, 2.05) is 6.07 Å². The molecule has 0 spiro atoms. The van der Waals surface area contributed by atoms with E-state index in [2.05, 4.69) is 10.3 Å². The highest BCUT2D eigenvalue weighted by Gasteiger charge is 2.31. The van der Waals surface area contributed by atoms with Crippen LogP contribution in [0.1, 0.15) is 35.0 Å². The lowest BCUT2D eigenvalue weighted by Gasteiger charge is -2.17. The number of nitrogens with zero attached hydrogens (tertiary/aromatic N) is 1. The number of aromatic nitrogens is 1. The van der Waals surface area contributed by atoms with Gasteiger partial charge in [-0.05, 0) is 25.0 Å². The highest BCUT2D eigenvalue weighted by Crippen LogP contribution is 2.24. The molecular formula is C17H15ClN2O3. The van der Waals surface area contributed by atoms with Crippen molar-refractivity contribution in [3.63, 3.8) is 0 Å². The Balaban J connectivity index is 1.80. The fraction of sp³-hybridized carbons (Fsp3) is 0.235. The van der Waals surface area contributed by atoms with Gasteiger partial charge < -0.3 is 10.1 Å².